The molecule has 0 saturated heterocycles. The van der Waals surface area contributed by atoms with Gasteiger partial charge in [0.25, 0.3) is 0 Å². The molecule has 0 radical (unpaired) electrons. The Bertz CT molecular complexity index is 399. The molecule has 1 aliphatic rings. The van der Waals surface area contributed by atoms with E-state index in [1.54, 1.807) is 6.07 Å². The van der Waals surface area contributed by atoms with Gasteiger partial charge < -0.3 is 4.90 Å². The zero-order chi connectivity index (χ0) is 11.0. The van der Waals surface area contributed by atoms with E-state index in [1.807, 2.05) is 4.90 Å². The minimum Gasteiger partial charge on any atom is -0.352 e. The van der Waals surface area contributed by atoms with Crippen LogP contribution in [0.25, 0.3) is 0 Å². The Hall–Kier alpha value is -1.38. The lowest BCUT2D eigenvalue weighted by Crippen LogP contribution is -2.27. The Kier molecular flexibility index (Phi) is 2.47. The fraction of sp³-hybridized carbons (Fsp3) is 0.417. The number of nitrogens with zero attached hydrogens (tertiary/aromatic N) is 1. The van der Waals surface area contributed by atoms with Crippen molar-refractivity contribution < 1.29 is 4.39 Å². The number of hydrogen-bond acceptors (Lipinski definition) is 1. The minimum atomic E-state index is -0.259. The van der Waals surface area contributed by atoms with E-state index in [-0.39, 0.29) is 5.82 Å². The van der Waals surface area contributed by atoms with Gasteiger partial charge in [0.1, 0.15) is 11.7 Å². The maximum Gasteiger partial charge on any atom is 0.128 e. The van der Waals surface area contributed by atoms with Gasteiger partial charge in [0.15, 0.2) is 0 Å². The Labute approximate surface area is 89.2 Å². The Morgan fingerprint density at radius 3 is 2.87 bits per heavy atom. The molecule has 0 atom stereocenters. The first-order chi connectivity index (χ1) is 7.08. The van der Waals surface area contributed by atoms with Gasteiger partial charge in [-0.25, -0.2) is 4.39 Å². The molecule has 80 valence electrons. The number of nitrogens with one attached hydrogen (secondary N) is 1. The van der Waals surface area contributed by atoms with E-state index in [2.05, 4.69) is 13.8 Å². The van der Waals surface area contributed by atoms with Crippen molar-refractivity contribution in [2.45, 2.75) is 20.4 Å². The molecule has 1 heterocycles. The average molecular weight is 206 g/mol. The van der Waals surface area contributed by atoms with Crippen molar-refractivity contribution in [3.63, 3.8) is 0 Å². The summed E-state index contributed by atoms with van der Waals surface area (Å²) in [7, 11) is 0. The number of amidine groups is 1. The van der Waals surface area contributed by atoms with Crippen LogP contribution >= 0.6 is 0 Å². The summed E-state index contributed by atoms with van der Waals surface area (Å²) in [5.74, 6) is 0.715. The van der Waals surface area contributed by atoms with E-state index in [9.17, 15) is 4.39 Å². The standard InChI is InChI=1S/C12H15FN2/c1-8(2)6-15-7-9-3-4-10(13)5-11(9)12(15)14/h3-5,8,14H,6-7H2,1-2H3. The van der Waals surface area contributed by atoms with Gasteiger partial charge in [-0.3, -0.25) is 5.41 Å². The zero-order valence-electron chi connectivity index (χ0n) is 9.05. The van der Waals surface area contributed by atoms with Crippen LogP contribution in [0.15, 0.2) is 18.2 Å². The van der Waals surface area contributed by atoms with Gasteiger partial charge in [0.05, 0.1) is 0 Å². The first-order valence-corrected chi connectivity index (χ1v) is 5.20. The molecule has 1 aromatic rings. The smallest absolute Gasteiger partial charge is 0.128 e. The molecule has 0 aliphatic carbocycles. The van der Waals surface area contributed by atoms with Gasteiger partial charge in [-0.15, -0.1) is 0 Å². The molecule has 0 aromatic heterocycles. The number of hydrogen-bond donors (Lipinski definition) is 1. The highest BCUT2D eigenvalue weighted by atomic mass is 19.1. The van der Waals surface area contributed by atoms with Crippen LogP contribution in [-0.2, 0) is 6.54 Å². The Morgan fingerprint density at radius 2 is 2.20 bits per heavy atom. The first kappa shape index (κ1) is 10.1. The molecule has 3 heteroatoms. The van der Waals surface area contributed by atoms with Crippen molar-refractivity contribution in [1.29, 1.82) is 5.41 Å². The van der Waals surface area contributed by atoms with Crippen molar-refractivity contribution in [1.82, 2.24) is 4.90 Å². The monoisotopic (exact) mass is 206 g/mol. The third-order valence-electron chi connectivity index (χ3n) is 2.59. The molecule has 1 aliphatic heterocycles. The highest BCUT2D eigenvalue weighted by Crippen LogP contribution is 2.23. The van der Waals surface area contributed by atoms with Crippen LogP contribution in [0.1, 0.15) is 25.0 Å². The fourth-order valence-electron chi connectivity index (χ4n) is 1.96. The van der Waals surface area contributed by atoms with E-state index in [0.717, 1.165) is 24.2 Å². The first-order valence-electron chi connectivity index (χ1n) is 5.20. The topological polar surface area (TPSA) is 27.1 Å². The van der Waals surface area contributed by atoms with Crippen LogP contribution in [0.3, 0.4) is 0 Å². The van der Waals surface area contributed by atoms with Gasteiger partial charge in [0, 0.05) is 18.7 Å². The Morgan fingerprint density at radius 1 is 1.47 bits per heavy atom. The van der Waals surface area contributed by atoms with Gasteiger partial charge in [-0.2, -0.15) is 0 Å². The Balaban J connectivity index is 2.26. The molecule has 1 aromatic carbocycles. The lowest BCUT2D eigenvalue weighted by Gasteiger charge is -2.19. The second-order valence-electron chi connectivity index (χ2n) is 4.42. The lowest BCUT2D eigenvalue weighted by molar-refractivity contribution is 0.371. The summed E-state index contributed by atoms with van der Waals surface area (Å²) in [6.07, 6.45) is 0. The number of halogens is 1. The average Bonchev–Trinajstić information content (AvgIpc) is 2.44. The third kappa shape index (κ3) is 1.87. The summed E-state index contributed by atoms with van der Waals surface area (Å²) in [4.78, 5) is 1.99. The number of rotatable bonds is 2. The normalized spacial score (nSPS) is 14.9. The van der Waals surface area contributed by atoms with Crippen LogP contribution in [0.4, 0.5) is 4.39 Å². The van der Waals surface area contributed by atoms with Gasteiger partial charge >= 0.3 is 0 Å². The van der Waals surface area contributed by atoms with Crippen LogP contribution in [0.5, 0.6) is 0 Å². The summed E-state index contributed by atoms with van der Waals surface area (Å²) in [6.45, 7) is 5.84. The largest absolute Gasteiger partial charge is 0.352 e. The molecule has 15 heavy (non-hydrogen) atoms. The predicted octanol–water partition coefficient (Wildman–Crippen LogP) is 2.62. The van der Waals surface area contributed by atoms with Gasteiger partial charge in [-0.05, 0) is 23.6 Å². The summed E-state index contributed by atoms with van der Waals surface area (Å²) < 4.78 is 13.0. The second kappa shape index (κ2) is 3.65. The van der Waals surface area contributed by atoms with E-state index < -0.39 is 0 Å². The van der Waals surface area contributed by atoms with Gasteiger partial charge in [-0.1, -0.05) is 19.9 Å². The predicted molar refractivity (Wildman–Crippen MR) is 58.5 cm³/mol. The maximum absolute atomic E-state index is 13.0. The molecule has 2 nitrogen and oxygen atoms in total. The SMILES string of the molecule is CC(C)CN1Cc2ccc(F)cc2C1=N. The maximum atomic E-state index is 13.0. The molecule has 0 amide bonds. The molecular formula is C12H15FN2. The van der Waals surface area contributed by atoms with Gasteiger partial charge in [0.2, 0.25) is 0 Å². The van der Waals surface area contributed by atoms with E-state index in [4.69, 9.17) is 5.41 Å². The quantitative estimate of drug-likeness (QED) is 0.791. The third-order valence-corrected chi connectivity index (χ3v) is 2.59. The van der Waals surface area contributed by atoms with E-state index >= 15 is 0 Å². The van der Waals surface area contributed by atoms with Crippen LogP contribution in [-0.4, -0.2) is 17.3 Å². The van der Waals surface area contributed by atoms with Crippen LogP contribution in [0.2, 0.25) is 0 Å². The molecular weight excluding hydrogens is 191 g/mol. The molecule has 2 rings (SSSR count). The number of fused-ring (bicyclic) bond motifs is 1. The minimum absolute atomic E-state index is 0.259. The second-order valence-corrected chi connectivity index (χ2v) is 4.42. The summed E-state index contributed by atoms with van der Waals surface area (Å²) >= 11 is 0. The highest BCUT2D eigenvalue weighted by Gasteiger charge is 2.24. The summed E-state index contributed by atoms with van der Waals surface area (Å²) in [6, 6.07) is 4.70. The van der Waals surface area contributed by atoms with Crippen LogP contribution < -0.4 is 0 Å². The highest BCUT2D eigenvalue weighted by molar-refractivity contribution is 6.00. The van der Waals surface area contributed by atoms with Crippen molar-refractivity contribution >= 4 is 5.84 Å². The molecule has 0 fully saturated rings. The molecule has 0 saturated carbocycles. The summed E-state index contributed by atoms with van der Waals surface area (Å²) in [5.41, 5.74) is 1.80. The summed E-state index contributed by atoms with van der Waals surface area (Å²) in [5, 5.41) is 7.94. The molecule has 0 bridgehead atoms. The van der Waals surface area contributed by atoms with E-state index in [1.165, 1.54) is 12.1 Å². The molecule has 0 spiro atoms. The molecule has 0 unspecified atom stereocenters. The van der Waals surface area contributed by atoms with Crippen molar-refractivity contribution in [3.05, 3.63) is 35.1 Å². The lowest BCUT2D eigenvalue weighted by atomic mass is 10.1. The fourth-order valence-corrected chi connectivity index (χ4v) is 1.96. The van der Waals surface area contributed by atoms with Crippen molar-refractivity contribution in [2.75, 3.05) is 6.54 Å². The van der Waals surface area contributed by atoms with Crippen molar-refractivity contribution in [2.24, 2.45) is 5.92 Å². The zero-order valence-corrected chi connectivity index (χ0v) is 9.05. The van der Waals surface area contributed by atoms with Crippen molar-refractivity contribution in [3.8, 4) is 0 Å². The number of benzene rings is 1. The van der Waals surface area contributed by atoms with E-state index in [0.29, 0.717) is 11.8 Å². The molecule has 1 N–H and O–H groups in total. The van der Waals surface area contributed by atoms with Crippen LogP contribution in [0, 0.1) is 17.1 Å².